The maximum absolute atomic E-state index is 14.8. The maximum atomic E-state index is 14.8. The summed E-state index contributed by atoms with van der Waals surface area (Å²) in [6, 6.07) is 16.9. The van der Waals surface area contributed by atoms with Crippen LogP contribution in [-0.2, 0) is 22.3 Å². The first-order valence-electron chi connectivity index (χ1n) is 14.2. The van der Waals surface area contributed by atoms with Crippen molar-refractivity contribution in [3.63, 3.8) is 0 Å². The lowest BCUT2D eigenvalue weighted by atomic mass is 10.0. The quantitative estimate of drug-likeness (QED) is 0.278. The lowest BCUT2D eigenvalue weighted by Crippen LogP contribution is -2.43. The zero-order chi connectivity index (χ0) is 27.4. The summed E-state index contributed by atoms with van der Waals surface area (Å²) in [6.45, 7) is 10.1. The minimum absolute atomic E-state index is 0.215. The summed E-state index contributed by atoms with van der Waals surface area (Å²) >= 11 is 0. The van der Waals surface area contributed by atoms with Gasteiger partial charge >= 0.3 is 0 Å². The predicted octanol–water partition coefficient (Wildman–Crippen LogP) is 3.29. The number of morpholine rings is 2. The number of nitrogens with one attached hydrogen (secondary N) is 2. The summed E-state index contributed by atoms with van der Waals surface area (Å²) < 4.78 is 31.2. The molecule has 214 valence electrons. The van der Waals surface area contributed by atoms with Crippen LogP contribution in [0.3, 0.4) is 0 Å². The van der Waals surface area contributed by atoms with Crippen LogP contribution in [0.1, 0.15) is 11.3 Å². The predicted molar refractivity (Wildman–Crippen MR) is 154 cm³/mol. The van der Waals surface area contributed by atoms with Crippen LogP contribution in [-0.4, -0.2) is 99.7 Å². The van der Waals surface area contributed by atoms with E-state index in [9.17, 15) is 4.39 Å². The molecule has 9 nitrogen and oxygen atoms in total. The van der Waals surface area contributed by atoms with Crippen molar-refractivity contribution in [2.45, 2.75) is 12.8 Å². The molecule has 2 N–H and O–H groups in total. The molecule has 10 heteroatoms. The van der Waals surface area contributed by atoms with Crippen LogP contribution in [0.25, 0.3) is 11.1 Å². The number of nitrogens with zero attached hydrogens (tertiary/aromatic N) is 4. The molecule has 3 aromatic rings. The summed E-state index contributed by atoms with van der Waals surface area (Å²) in [5, 5.41) is 10.9. The van der Waals surface area contributed by atoms with Gasteiger partial charge < -0.3 is 19.3 Å². The highest BCUT2D eigenvalue weighted by molar-refractivity contribution is 5.92. The Hall–Kier alpha value is -3.31. The second kappa shape index (κ2) is 14.9. The monoisotopic (exact) mass is 550 g/mol. The summed E-state index contributed by atoms with van der Waals surface area (Å²) in [5.41, 5.74) is 3.21. The van der Waals surface area contributed by atoms with Gasteiger partial charge in [0.15, 0.2) is 5.96 Å². The van der Waals surface area contributed by atoms with E-state index >= 15 is 0 Å². The fourth-order valence-corrected chi connectivity index (χ4v) is 4.87. The summed E-state index contributed by atoms with van der Waals surface area (Å²) in [5.74, 6) is 0.986. The molecular formula is C30H39FN6O3. The van der Waals surface area contributed by atoms with Gasteiger partial charge in [-0.1, -0.05) is 47.6 Å². The van der Waals surface area contributed by atoms with Crippen molar-refractivity contribution in [3.05, 3.63) is 71.7 Å². The summed E-state index contributed by atoms with van der Waals surface area (Å²) in [6.07, 6.45) is 1.31. The SMILES string of the molecule is Fc1cc(CCc2cc(NC(=NCCN3CCOCC3)NCCN3CCOCC3)on2)ccc1-c1ccccc1. The van der Waals surface area contributed by atoms with E-state index in [0.29, 0.717) is 36.8 Å². The van der Waals surface area contributed by atoms with E-state index in [1.807, 2.05) is 48.5 Å². The molecule has 0 saturated carbocycles. The third-order valence-electron chi connectivity index (χ3n) is 7.20. The molecule has 0 spiro atoms. The molecule has 2 aliphatic rings. The molecule has 2 aromatic carbocycles. The number of ether oxygens (including phenoxy) is 2. The molecule has 1 aromatic heterocycles. The van der Waals surface area contributed by atoms with Crippen molar-refractivity contribution >= 4 is 11.8 Å². The number of rotatable bonds is 11. The van der Waals surface area contributed by atoms with Crippen molar-refractivity contribution < 1.29 is 18.4 Å². The molecule has 0 amide bonds. The first-order chi connectivity index (χ1) is 19.7. The second-order valence-electron chi connectivity index (χ2n) is 10.1. The van der Waals surface area contributed by atoms with Gasteiger partial charge in [0, 0.05) is 57.4 Å². The maximum Gasteiger partial charge on any atom is 0.231 e. The first kappa shape index (κ1) is 28.2. The van der Waals surface area contributed by atoms with Crippen molar-refractivity contribution in [1.29, 1.82) is 0 Å². The first-order valence-corrected chi connectivity index (χ1v) is 14.2. The Bertz CT molecular complexity index is 1210. The van der Waals surface area contributed by atoms with Gasteiger partial charge in [-0.25, -0.2) is 4.39 Å². The average molecular weight is 551 g/mol. The van der Waals surface area contributed by atoms with E-state index in [1.165, 1.54) is 0 Å². The topological polar surface area (TPSA) is 87.4 Å². The number of aryl methyl sites for hydroxylation is 2. The molecule has 2 saturated heterocycles. The van der Waals surface area contributed by atoms with Crippen molar-refractivity contribution in [2.24, 2.45) is 4.99 Å². The molecule has 2 aliphatic heterocycles. The molecule has 2 fully saturated rings. The number of aliphatic imine (C=N–C) groups is 1. The normalized spacial score (nSPS) is 17.2. The van der Waals surface area contributed by atoms with Gasteiger partial charge in [0.05, 0.1) is 38.7 Å². The van der Waals surface area contributed by atoms with Gasteiger partial charge in [-0.3, -0.25) is 20.1 Å². The van der Waals surface area contributed by atoms with Crippen LogP contribution in [0.4, 0.5) is 10.3 Å². The van der Waals surface area contributed by atoms with E-state index in [-0.39, 0.29) is 5.82 Å². The number of hydrogen-bond acceptors (Lipinski definition) is 7. The Labute approximate surface area is 235 Å². The molecule has 3 heterocycles. The number of aromatic nitrogens is 1. The zero-order valence-electron chi connectivity index (χ0n) is 23.0. The Morgan fingerprint density at radius 3 is 2.33 bits per heavy atom. The Kier molecular flexibility index (Phi) is 10.5. The lowest BCUT2D eigenvalue weighted by molar-refractivity contribution is 0.0389. The van der Waals surface area contributed by atoms with Crippen LogP contribution >= 0.6 is 0 Å². The van der Waals surface area contributed by atoms with E-state index in [2.05, 4.69) is 25.6 Å². The van der Waals surface area contributed by atoms with E-state index < -0.39 is 0 Å². The number of guanidine groups is 1. The lowest BCUT2D eigenvalue weighted by Gasteiger charge is -2.27. The number of anilines is 1. The van der Waals surface area contributed by atoms with Crippen LogP contribution in [0.5, 0.6) is 0 Å². The van der Waals surface area contributed by atoms with Crippen LogP contribution in [0.15, 0.2) is 64.1 Å². The fraction of sp³-hybridized carbons (Fsp3) is 0.467. The molecule has 5 rings (SSSR count). The largest absolute Gasteiger partial charge is 0.379 e. The third-order valence-corrected chi connectivity index (χ3v) is 7.20. The molecule has 0 aliphatic carbocycles. The minimum atomic E-state index is -0.215. The minimum Gasteiger partial charge on any atom is -0.379 e. The van der Waals surface area contributed by atoms with Gasteiger partial charge in [0.1, 0.15) is 5.82 Å². The third kappa shape index (κ3) is 8.59. The van der Waals surface area contributed by atoms with Crippen molar-refractivity contribution in [1.82, 2.24) is 20.3 Å². The Balaban J connectivity index is 1.14. The van der Waals surface area contributed by atoms with Crippen LogP contribution < -0.4 is 10.6 Å². The van der Waals surface area contributed by atoms with Gasteiger partial charge in [-0.05, 0) is 30.0 Å². The Morgan fingerprint density at radius 2 is 1.60 bits per heavy atom. The number of benzene rings is 2. The van der Waals surface area contributed by atoms with E-state index in [4.69, 9.17) is 19.0 Å². The molecule has 0 radical (unpaired) electrons. The van der Waals surface area contributed by atoms with Gasteiger partial charge in [0.25, 0.3) is 0 Å². The second-order valence-corrected chi connectivity index (χ2v) is 10.1. The van der Waals surface area contributed by atoms with Crippen LogP contribution in [0, 0.1) is 5.82 Å². The summed E-state index contributed by atoms with van der Waals surface area (Å²) in [7, 11) is 0. The standard InChI is InChI=1S/C30H39FN6O3/c31-28-22-24(7-9-27(28)25-4-2-1-3-5-25)6-8-26-23-29(40-35-26)34-30(32-10-12-36-14-18-38-19-15-36)33-11-13-37-16-20-39-21-17-37/h1-5,7,9,22-23H,6,8,10-21H2,(H2,32,33,34). The van der Waals surface area contributed by atoms with Crippen molar-refractivity contribution in [3.8, 4) is 11.1 Å². The molecule has 40 heavy (non-hydrogen) atoms. The van der Waals surface area contributed by atoms with Gasteiger partial charge in [-0.15, -0.1) is 0 Å². The molecule has 0 bridgehead atoms. The fourth-order valence-electron chi connectivity index (χ4n) is 4.87. The van der Waals surface area contributed by atoms with Crippen LogP contribution in [0.2, 0.25) is 0 Å². The van der Waals surface area contributed by atoms with Gasteiger partial charge in [-0.2, -0.15) is 0 Å². The number of halogens is 1. The number of hydrogen-bond donors (Lipinski definition) is 2. The zero-order valence-corrected chi connectivity index (χ0v) is 23.0. The summed E-state index contributed by atoms with van der Waals surface area (Å²) in [4.78, 5) is 9.52. The Morgan fingerprint density at radius 1 is 0.875 bits per heavy atom. The molecule has 0 atom stereocenters. The van der Waals surface area contributed by atoms with E-state index in [1.54, 1.807) is 6.07 Å². The van der Waals surface area contributed by atoms with Crippen molar-refractivity contribution in [2.75, 3.05) is 84.1 Å². The average Bonchev–Trinajstić information content (AvgIpc) is 3.45. The highest BCUT2D eigenvalue weighted by Crippen LogP contribution is 2.24. The highest BCUT2D eigenvalue weighted by atomic mass is 19.1. The smallest absolute Gasteiger partial charge is 0.231 e. The van der Waals surface area contributed by atoms with Gasteiger partial charge in [0.2, 0.25) is 5.88 Å². The van der Waals surface area contributed by atoms with E-state index in [0.717, 1.165) is 89.1 Å². The molecule has 0 unspecified atom stereocenters. The molecular weight excluding hydrogens is 511 g/mol. The highest BCUT2D eigenvalue weighted by Gasteiger charge is 2.13.